The maximum absolute atomic E-state index is 13.2. The Morgan fingerprint density at radius 1 is 1.42 bits per heavy atom. The Kier molecular flexibility index (Phi) is 5.36. The fourth-order valence-corrected chi connectivity index (χ4v) is 5.09. The standard InChI is InChI=1S/C22H22ClN3O5/c1-4-9-31-19-16(23)10-13(11-18(19)30-3)14-12-25(2)22(20(14)26(28)29)15-7-5-6-8-17(15)24-21(22)27/h4-8,10-11,14,20H,1,9,12H2,2-3H3,(H,24,27)/t14-,20-,22+/m0/s1. The van der Waals surface area contributed by atoms with Gasteiger partial charge in [0.2, 0.25) is 0 Å². The molecule has 2 aromatic carbocycles. The normalized spacial score (nSPS) is 24.7. The Morgan fingerprint density at radius 3 is 2.84 bits per heavy atom. The first kappa shape index (κ1) is 21.1. The number of carbonyl (C=O) groups is 1. The molecule has 162 valence electrons. The van der Waals surface area contributed by atoms with Gasteiger partial charge in [-0.05, 0) is 30.8 Å². The summed E-state index contributed by atoms with van der Waals surface area (Å²) in [4.78, 5) is 27.0. The van der Waals surface area contributed by atoms with Crippen molar-refractivity contribution in [2.75, 3.05) is 32.6 Å². The molecule has 0 aromatic heterocycles. The Bertz CT molecular complexity index is 1080. The molecule has 0 saturated carbocycles. The van der Waals surface area contributed by atoms with E-state index in [1.54, 1.807) is 54.4 Å². The molecule has 1 N–H and O–H groups in total. The van der Waals surface area contributed by atoms with Gasteiger partial charge in [-0.3, -0.25) is 19.8 Å². The molecule has 1 saturated heterocycles. The fraction of sp³-hybridized carbons (Fsp3) is 0.318. The number of para-hydroxylation sites is 1. The summed E-state index contributed by atoms with van der Waals surface area (Å²) >= 11 is 6.45. The van der Waals surface area contributed by atoms with Gasteiger partial charge < -0.3 is 14.8 Å². The molecule has 2 aliphatic heterocycles. The number of benzene rings is 2. The number of nitrogens with one attached hydrogen (secondary N) is 1. The van der Waals surface area contributed by atoms with Crippen LogP contribution in [0.3, 0.4) is 0 Å². The topological polar surface area (TPSA) is 93.9 Å². The lowest BCUT2D eigenvalue weighted by Gasteiger charge is -2.30. The van der Waals surface area contributed by atoms with E-state index in [2.05, 4.69) is 11.9 Å². The van der Waals surface area contributed by atoms with Crippen molar-refractivity contribution in [3.8, 4) is 11.5 Å². The number of fused-ring (bicyclic) bond motifs is 2. The largest absolute Gasteiger partial charge is 0.493 e. The molecular weight excluding hydrogens is 422 g/mol. The third-order valence-corrected chi connectivity index (χ3v) is 6.35. The van der Waals surface area contributed by atoms with E-state index in [1.807, 2.05) is 0 Å². The van der Waals surface area contributed by atoms with E-state index in [1.165, 1.54) is 7.11 Å². The molecule has 2 heterocycles. The minimum Gasteiger partial charge on any atom is -0.493 e. The molecule has 31 heavy (non-hydrogen) atoms. The zero-order valence-electron chi connectivity index (χ0n) is 17.1. The van der Waals surface area contributed by atoms with E-state index in [0.29, 0.717) is 34.9 Å². The number of rotatable bonds is 6. The van der Waals surface area contributed by atoms with Crippen molar-refractivity contribution in [3.05, 3.63) is 75.3 Å². The summed E-state index contributed by atoms with van der Waals surface area (Å²) < 4.78 is 11.0. The number of nitro groups is 1. The summed E-state index contributed by atoms with van der Waals surface area (Å²) in [5, 5.41) is 15.5. The molecular formula is C22H22ClN3O5. The van der Waals surface area contributed by atoms with Crippen LogP contribution in [0.2, 0.25) is 5.02 Å². The second-order valence-corrected chi connectivity index (χ2v) is 8.02. The monoisotopic (exact) mass is 443 g/mol. The summed E-state index contributed by atoms with van der Waals surface area (Å²) in [5.74, 6) is -0.289. The van der Waals surface area contributed by atoms with Crippen LogP contribution >= 0.6 is 11.6 Å². The first-order chi connectivity index (χ1) is 14.9. The molecule has 1 spiro atoms. The van der Waals surface area contributed by atoms with Crippen molar-refractivity contribution in [1.29, 1.82) is 0 Å². The first-order valence-electron chi connectivity index (χ1n) is 9.73. The number of ether oxygens (including phenoxy) is 2. The van der Waals surface area contributed by atoms with E-state index in [4.69, 9.17) is 21.1 Å². The molecule has 0 aliphatic carbocycles. The van der Waals surface area contributed by atoms with Crippen molar-refractivity contribution >= 4 is 23.2 Å². The van der Waals surface area contributed by atoms with Gasteiger partial charge in [-0.15, -0.1) is 0 Å². The van der Waals surface area contributed by atoms with Gasteiger partial charge in [0, 0.05) is 22.7 Å². The van der Waals surface area contributed by atoms with E-state index in [9.17, 15) is 14.9 Å². The van der Waals surface area contributed by atoms with Gasteiger partial charge >= 0.3 is 0 Å². The zero-order valence-corrected chi connectivity index (χ0v) is 17.9. The van der Waals surface area contributed by atoms with Crippen LogP contribution in [-0.4, -0.2) is 49.1 Å². The molecule has 2 aromatic rings. The van der Waals surface area contributed by atoms with Crippen LogP contribution < -0.4 is 14.8 Å². The average Bonchev–Trinajstić information content (AvgIpc) is 3.22. The Hall–Kier alpha value is -3.10. The SMILES string of the molecule is C=CCOc1c(Cl)cc([C@@H]2CN(C)[C@@]3(C(=O)Nc4ccccc43)[C@H]2[N+](=O)[O-])cc1OC. The van der Waals surface area contributed by atoms with Gasteiger partial charge in [0.1, 0.15) is 6.61 Å². The van der Waals surface area contributed by atoms with Gasteiger partial charge in [0.05, 0.1) is 18.1 Å². The van der Waals surface area contributed by atoms with E-state index in [0.717, 1.165) is 0 Å². The van der Waals surface area contributed by atoms with Crippen LogP contribution in [0.25, 0.3) is 0 Å². The lowest BCUT2D eigenvalue weighted by molar-refractivity contribution is -0.534. The van der Waals surface area contributed by atoms with Crippen molar-refractivity contribution in [2.45, 2.75) is 17.5 Å². The average molecular weight is 444 g/mol. The number of hydrogen-bond donors (Lipinski definition) is 1. The van der Waals surface area contributed by atoms with E-state index in [-0.39, 0.29) is 16.6 Å². The van der Waals surface area contributed by atoms with Crippen molar-refractivity contribution in [1.82, 2.24) is 4.90 Å². The maximum atomic E-state index is 13.2. The molecule has 8 nitrogen and oxygen atoms in total. The van der Waals surface area contributed by atoms with Crippen LogP contribution in [-0.2, 0) is 10.3 Å². The molecule has 1 fully saturated rings. The molecule has 0 radical (unpaired) electrons. The maximum Gasteiger partial charge on any atom is 0.256 e. The predicted molar refractivity (Wildman–Crippen MR) is 117 cm³/mol. The van der Waals surface area contributed by atoms with Crippen molar-refractivity contribution < 1.29 is 19.2 Å². The minimum atomic E-state index is -1.41. The van der Waals surface area contributed by atoms with E-state index >= 15 is 0 Å². The minimum absolute atomic E-state index is 0.235. The predicted octanol–water partition coefficient (Wildman–Crippen LogP) is 3.44. The van der Waals surface area contributed by atoms with Crippen molar-refractivity contribution in [2.24, 2.45) is 0 Å². The number of halogens is 1. The molecule has 1 amide bonds. The third-order valence-electron chi connectivity index (χ3n) is 6.07. The Balaban J connectivity index is 1.85. The summed E-state index contributed by atoms with van der Waals surface area (Å²) in [6, 6.07) is 9.21. The lowest BCUT2D eigenvalue weighted by atomic mass is 9.79. The second-order valence-electron chi connectivity index (χ2n) is 7.62. The van der Waals surface area contributed by atoms with Gasteiger partial charge in [-0.2, -0.15) is 0 Å². The third kappa shape index (κ3) is 3.05. The number of likely N-dealkylation sites (tertiary alicyclic amines) is 1. The molecule has 3 atom stereocenters. The summed E-state index contributed by atoms with van der Waals surface area (Å²) in [7, 11) is 3.21. The summed E-state index contributed by atoms with van der Waals surface area (Å²) in [6.45, 7) is 4.14. The first-order valence-corrected chi connectivity index (χ1v) is 10.1. The zero-order chi connectivity index (χ0) is 22.3. The second kappa shape index (κ2) is 7.86. The summed E-state index contributed by atoms with van der Waals surface area (Å²) in [5.41, 5.74) is 0.393. The van der Waals surface area contributed by atoms with Crippen LogP contribution in [0.4, 0.5) is 5.69 Å². The number of likely N-dealkylation sites (N-methyl/N-ethyl adjacent to an activating group) is 1. The number of anilines is 1. The van der Waals surface area contributed by atoms with Crippen LogP contribution in [0, 0.1) is 10.1 Å². The van der Waals surface area contributed by atoms with Crippen molar-refractivity contribution in [3.63, 3.8) is 0 Å². The van der Waals surface area contributed by atoms with Crippen LogP contribution in [0.1, 0.15) is 17.0 Å². The number of carbonyl (C=O) groups excluding carboxylic acids is 1. The number of amides is 1. The highest BCUT2D eigenvalue weighted by atomic mass is 35.5. The molecule has 0 bridgehead atoms. The molecule has 2 aliphatic rings. The molecule has 0 unspecified atom stereocenters. The highest BCUT2D eigenvalue weighted by molar-refractivity contribution is 6.32. The van der Waals surface area contributed by atoms with Gasteiger partial charge in [0.15, 0.2) is 17.0 Å². The quantitative estimate of drug-likeness (QED) is 0.417. The van der Waals surface area contributed by atoms with E-state index < -0.39 is 23.4 Å². The lowest BCUT2D eigenvalue weighted by Crippen LogP contribution is -2.54. The fourth-order valence-electron chi connectivity index (χ4n) is 4.82. The van der Waals surface area contributed by atoms with Gasteiger partial charge in [0.25, 0.3) is 11.9 Å². The summed E-state index contributed by atoms with van der Waals surface area (Å²) in [6.07, 6.45) is 1.58. The Morgan fingerprint density at radius 2 is 2.16 bits per heavy atom. The van der Waals surface area contributed by atoms with Gasteiger partial charge in [-0.25, -0.2) is 0 Å². The highest BCUT2D eigenvalue weighted by Crippen LogP contribution is 2.53. The number of hydrogen-bond acceptors (Lipinski definition) is 6. The molecule has 9 heteroatoms. The smallest absolute Gasteiger partial charge is 0.256 e. The molecule has 4 rings (SSSR count). The van der Waals surface area contributed by atoms with Crippen LogP contribution in [0.5, 0.6) is 11.5 Å². The Labute approximate surface area is 184 Å². The van der Waals surface area contributed by atoms with Crippen LogP contribution in [0.15, 0.2) is 49.1 Å². The number of nitrogens with zero attached hydrogens (tertiary/aromatic N) is 2. The highest BCUT2D eigenvalue weighted by Gasteiger charge is 2.68. The number of methoxy groups -OCH3 is 1. The van der Waals surface area contributed by atoms with Gasteiger partial charge in [-0.1, -0.05) is 42.5 Å².